The second-order valence-electron chi connectivity index (χ2n) is 6.48. The van der Waals surface area contributed by atoms with E-state index in [1.807, 2.05) is 0 Å². The van der Waals surface area contributed by atoms with Crippen molar-refractivity contribution in [3.63, 3.8) is 0 Å². The average molecular weight is 408 g/mol. The molecule has 0 bridgehead atoms. The Balaban J connectivity index is 1.82. The summed E-state index contributed by atoms with van der Waals surface area (Å²) in [5, 5.41) is 0. The number of hydrogen-bond acceptors (Lipinski definition) is 4. The maximum absolute atomic E-state index is 14.6. The van der Waals surface area contributed by atoms with E-state index in [2.05, 4.69) is 4.99 Å². The van der Waals surface area contributed by atoms with Crippen molar-refractivity contribution < 1.29 is 21.6 Å². The number of rotatable bonds is 6. The van der Waals surface area contributed by atoms with Gasteiger partial charge in [-0.2, -0.15) is 0 Å². The molecule has 0 unspecified atom stereocenters. The van der Waals surface area contributed by atoms with Gasteiger partial charge in [0.05, 0.1) is 11.5 Å². The maximum atomic E-state index is 14.6. The van der Waals surface area contributed by atoms with Crippen molar-refractivity contribution >= 4 is 21.2 Å². The molecule has 0 aromatic heterocycles. The number of halogens is 3. The third kappa shape index (κ3) is 4.62. The van der Waals surface area contributed by atoms with E-state index in [1.165, 1.54) is 11.1 Å². The Hall–Kier alpha value is -2.61. The first-order valence-corrected chi connectivity index (χ1v) is 10.5. The van der Waals surface area contributed by atoms with Gasteiger partial charge in [-0.05, 0) is 36.2 Å². The molecule has 2 aromatic rings. The van der Waals surface area contributed by atoms with Crippen LogP contribution in [0.15, 0.2) is 59.5 Å². The minimum absolute atomic E-state index is 0.0186. The zero-order valence-electron chi connectivity index (χ0n) is 15.2. The fraction of sp³-hybridized carbons (Fsp3) is 0.250. The zero-order chi connectivity index (χ0) is 20.3. The molecule has 8 heteroatoms. The van der Waals surface area contributed by atoms with Crippen LogP contribution < -0.4 is 4.90 Å². The summed E-state index contributed by atoms with van der Waals surface area (Å²) in [7, 11) is -3.20. The Bertz CT molecular complexity index is 1050. The molecule has 0 spiro atoms. The van der Waals surface area contributed by atoms with Gasteiger partial charge in [0.25, 0.3) is 0 Å². The molecule has 148 valence electrons. The van der Waals surface area contributed by atoms with E-state index in [-0.39, 0.29) is 29.4 Å². The lowest BCUT2D eigenvalue weighted by molar-refractivity contribution is 0.580. The van der Waals surface area contributed by atoms with Gasteiger partial charge in [-0.1, -0.05) is 19.1 Å². The molecule has 2 aromatic carbocycles. The molecular weight excluding hydrogens is 389 g/mol. The standard InChI is InChI=1S/C20H19F3N2O2S/c1-2-8-28(26,27)12-14-4-3-5-16(9-14)25-11-19(23)20(24-13-25)17-7-6-15(21)10-18(17)22/h3-7,9-11H,2,8,12-13H2,1H3. The lowest BCUT2D eigenvalue weighted by Crippen LogP contribution is -2.24. The molecule has 0 aliphatic carbocycles. The summed E-state index contributed by atoms with van der Waals surface area (Å²) < 4.78 is 65.6. The van der Waals surface area contributed by atoms with Crippen molar-refractivity contribution in [2.45, 2.75) is 19.1 Å². The number of nitrogens with zero attached hydrogens (tertiary/aromatic N) is 2. The van der Waals surface area contributed by atoms with Crippen molar-refractivity contribution in [3.05, 3.63) is 77.3 Å². The number of anilines is 1. The van der Waals surface area contributed by atoms with E-state index in [9.17, 15) is 21.6 Å². The van der Waals surface area contributed by atoms with Gasteiger partial charge in [-0.15, -0.1) is 0 Å². The monoisotopic (exact) mass is 408 g/mol. The van der Waals surface area contributed by atoms with Gasteiger partial charge in [-0.3, -0.25) is 4.99 Å². The molecule has 1 aliphatic rings. The summed E-state index contributed by atoms with van der Waals surface area (Å²) in [6.45, 7) is 1.82. The Morgan fingerprint density at radius 2 is 1.89 bits per heavy atom. The predicted molar refractivity (Wildman–Crippen MR) is 104 cm³/mol. The first-order valence-electron chi connectivity index (χ1n) is 8.72. The number of benzene rings is 2. The second-order valence-corrected chi connectivity index (χ2v) is 8.67. The molecule has 0 saturated heterocycles. The minimum Gasteiger partial charge on any atom is -0.325 e. The van der Waals surface area contributed by atoms with Gasteiger partial charge in [0.15, 0.2) is 15.7 Å². The SMILES string of the molecule is CCCS(=O)(=O)Cc1cccc(N2C=C(F)C(c3ccc(F)cc3F)=NC2)c1. The van der Waals surface area contributed by atoms with Crippen LogP contribution in [0.2, 0.25) is 0 Å². The molecule has 0 radical (unpaired) electrons. The van der Waals surface area contributed by atoms with Crippen LogP contribution in [-0.2, 0) is 15.6 Å². The molecule has 28 heavy (non-hydrogen) atoms. The molecule has 1 heterocycles. The van der Waals surface area contributed by atoms with Gasteiger partial charge in [0.2, 0.25) is 0 Å². The lowest BCUT2D eigenvalue weighted by atomic mass is 10.1. The van der Waals surface area contributed by atoms with Crippen molar-refractivity contribution in [1.29, 1.82) is 0 Å². The molecule has 0 amide bonds. The molecule has 0 N–H and O–H groups in total. The Labute approximate surface area is 161 Å². The Kier molecular flexibility index (Phi) is 5.88. The predicted octanol–water partition coefficient (Wildman–Crippen LogP) is 4.37. The number of allylic oxidation sites excluding steroid dienone is 1. The van der Waals surface area contributed by atoms with E-state index in [4.69, 9.17) is 0 Å². The fourth-order valence-corrected chi connectivity index (χ4v) is 4.43. The van der Waals surface area contributed by atoms with Crippen molar-refractivity contribution in [1.82, 2.24) is 0 Å². The van der Waals surface area contributed by atoms with Crippen molar-refractivity contribution in [2.75, 3.05) is 17.3 Å². The van der Waals surface area contributed by atoms with E-state index < -0.39 is 27.3 Å². The Morgan fingerprint density at radius 3 is 2.57 bits per heavy atom. The van der Waals surface area contributed by atoms with E-state index >= 15 is 0 Å². The lowest BCUT2D eigenvalue weighted by Gasteiger charge is -2.24. The summed E-state index contributed by atoms with van der Waals surface area (Å²) in [4.78, 5) is 5.58. The largest absolute Gasteiger partial charge is 0.325 e. The fourth-order valence-electron chi connectivity index (χ4n) is 2.97. The van der Waals surface area contributed by atoms with Crippen molar-refractivity contribution in [3.8, 4) is 0 Å². The van der Waals surface area contributed by atoms with Gasteiger partial charge in [-0.25, -0.2) is 21.6 Å². The molecule has 3 rings (SSSR count). The molecule has 1 aliphatic heterocycles. The number of aliphatic imine (C=N–C) groups is 1. The highest BCUT2D eigenvalue weighted by Crippen LogP contribution is 2.25. The summed E-state index contributed by atoms with van der Waals surface area (Å²) in [6, 6.07) is 9.62. The van der Waals surface area contributed by atoms with Crippen LogP contribution in [0, 0.1) is 11.6 Å². The van der Waals surface area contributed by atoms with Crippen molar-refractivity contribution in [2.24, 2.45) is 4.99 Å². The van der Waals surface area contributed by atoms with Crippen LogP contribution >= 0.6 is 0 Å². The third-order valence-corrected chi connectivity index (χ3v) is 6.01. The van der Waals surface area contributed by atoms with E-state index in [0.717, 1.165) is 12.1 Å². The highest BCUT2D eigenvalue weighted by atomic mass is 32.2. The first kappa shape index (κ1) is 20.1. The molecule has 0 saturated carbocycles. The molecule has 0 atom stereocenters. The highest BCUT2D eigenvalue weighted by molar-refractivity contribution is 7.90. The topological polar surface area (TPSA) is 49.7 Å². The smallest absolute Gasteiger partial charge is 0.165 e. The van der Waals surface area contributed by atoms with Crippen LogP contribution in [0.4, 0.5) is 18.9 Å². The zero-order valence-corrected chi connectivity index (χ0v) is 16.0. The van der Waals surface area contributed by atoms with Gasteiger partial charge >= 0.3 is 0 Å². The van der Waals surface area contributed by atoms with Crippen LogP contribution in [0.25, 0.3) is 0 Å². The average Bonchev–Trinajstić information content (AvgIpc) is 2.62. The summed E-state index contributed by atoms with van der Waals surface area (Å²) in [5.41, 5.74) is 0.866. The minimum atomic E-state index is -3.20. The van der Waals surface area contributed by atoms with Crippen LogP contribution in [-0.4, -0.2) is 26.6 Å². The summed E-state index contributed by atoms with van der Waals surface area (Å²) >= 11 is 0. The third-order valence-electron chi connectivity index (χ3n) is 4.21. The van der Waals surface area contributed by atoms with Crippen LogP contribution in [0.3, 0.4) is 0 Å². The van der Waals surface area contributed by atoms with Crippen LogP contribution in [0.5, 0.6) is 0 Å². The van der Waals surface area contributed by atoms with E-state index in [1.54, 1.807) is 31.2 Å². The van der Waals surface area contributed by atoms with Gasteiger partial charge in [0, 0.05) is 23.5 Å². The summed E-state index contributed by atoms with van der Waals surface area (Å²) in [5.74, 6) is -2.39. The maximum Gasteiger partial charge on any atom is 0.165 e. The number of sulfone groups is 1. The quantitative estimate of drug-likeness (QED) is 0.713. The number of hydrogen-bond donors (Lipinski definition) is 0. The van der Waals surface area contributed by atoms with E-state index in [0.29, 0.717) is 23.7 Å². The summed E-state index contributed by atoms with van der Waals surface area (Å²) in [6.07, 6.45) is 1.71. The normalized spacial score (nSPS) is 14.6. The van der Waals surface area contributed by atoms with Gasteiger partial charge in [0.1, 0.15) is 24.0 Å². The first-order chi connectivity index (χ1) is 13.3. The highest BCUT2D eigenvalue weighted by Gasteiger charge is 2.21. The second kappa shape index (κ2) is 8.18. The van der Waals surface area contributed by atoms with Gasteiger partial charge < -0.3 is 4.90 Å². The molecule has 4 nitrogen and oxygen atoms in total. The Morgan fingerprint density at radius 1 is 1.11 bits per heavy atom. The van der Waals surface area contributed by atoms with Crippen LogP contribution in [0.1, 0.15) is 24.5 Å². The molecule has 0 fully saturated rings. The molecular formula is C20H19F3N2O2S.